The molecule has 2 aromatic carbocycles. The second kappa shape index (κ2) is 7.42. The summed E-state index contributed by atoms with van der Waals surface area (Å²) < 4.78 is 0. The molecule has 0 bridgehead atoms. The molecule has 0 radical (unpaired) electrons. The van der Waals surface area contributed by atoms with E-state index < -0.39 is 6.23 Å². The highest BCUT2D eigenvalue weighted by Crippen LogP contribution is 2.29. The predicted molar refractivity (Wildman–Crippen MR) is 90.9 cm³/mol. The number of hydrogen-bond donors (Lipinski definition) is 1. The van der Waals surface area contributed by atoms with Gasteiger partial charge in [0.25, 0.3) is 0 Å². The average Bonchev–Trinajstić information content (AvgIpc) is 2.92. The minimum absolute atomic E-state index is 0.0773. The quantitative estimate of drug-likeness (QED) is 0.886. The fourth-order valence-electron chi connectivity index (χ4n) is 3.35. The van der Waals surface area contributed by atoms with Crippen molar-refractivity contribution in [1.29, 1.82) is 0 Å². The molecule has 0 aliphatic carbocycles. The number of aliphatic hydroxyl groups excluding tert-OH is 1. The molecule has 2 aromatic rings. The maximum atomic E-state index is 11.8. The first-order valence-corrected chi connectivity index (χ1v) is 8.33. The molecule has 1 unspecified atom stereocenters. The van der Waals surface area contributed by atoms with Gasteiger partial charge in [-0.2, -0.15) is 0 Å². The molecule has 3 heteroatoms. The highest BCUT2D eigenvalue weighted by Gasteiger charge is 2.28. The lowest BCUT2D eigenvalue weighted by molar-refractivity contribution is -0.133. The van der Waals surface area contributed by atoms with Gasteiger partial charge >= 0.3 is 0 Å². The van der Waals surface area contributed by atoms with Crippen LogP contribution in [0.1, 0.15) is 42.7 Å². The van der Waals surface area contributed by atoms with Gasteiger partial charge in [-0.05, 0) is 24.0 Å². The lowest BCUT2D eigenvalue weighted by atomic mass is 9.87. The predicted octanol–water partition coefficient (Wildman–Crippen LogP) is 3.54. The van der Waals surface area contributed by atoms with Crippen molar-refractivity contribution in [2.24, 2.45) is 0 Å². The summed E-state index contributed by atoms with van der Waals surface area (Å²) in [6, 6.07) is 21.0. The van der Waals surface area contributed by atoms with Gasteiger partial charge in [0.2, 0.25) is 5.91 Å². The Balaban J connectivity index is 1.69. The van der Waals surface area contributed by atoms with E-state index >= 15 is 0 Å². The van der Waals surface area contributed by atoms with E-state index in [2.05, 4.69) is 48.5 Å². The summed E-state index contributed by atoms with van der Waals surface area (Å²) in [6.45, 7) is 0.635. The van der Waals surface area contributed by atoms with E-state index in [-0.39, 0.29) is 5.91 Å². The van der Waals surface area contributed by atoms with Gasteiger partial charge in [0, 0.05) is 25.3 Å². The van der Waals surface area contributed by atoms with Crippen molar-refractivity contribution in [2.45, 2.75) is 37.8 Å². The summed E-state index contributed by atoms with van der Waals surface area (Å²) in [4.78, 5) is 13.4. The number of hydrogen-bond acceptors (Lipinski definition) is 2. The minimum Gasteiger partial charge on any atom is -0.374 e. The molecular weight excluding hydrogens is 286 g/mol. The van der Waals surface area contributed by atoms with Gasteiger partial charge in [-0.25, -0.2) is 0 Å². The van der Waals surface area contributed by atoms with Crippen LogP contribution in [0.15, 0.2) is 60.7 Å². The highest BCUT2D eigenvalue weighted by atomic mass is 16.3. The average molecular weight is 309 g/mol. The Morgan fingerprint density at radius 2 is 1.57 bits per heavy atom. The Morgan fingerprint density at radius 3 is 2.04 bits per heavy atom. The third kappa shape index (κ3) is 3.80. The first kappa shape index (κ1) is 15.8. The molecule has 1 atom stereocenters. The van der Waals surface area contributed by atoms with Gasteiger partial charge in [0.15, 0.2) is 0 Å². The zero-order valence-electron chi connectivity index (χ0n) is 13.3. The summed E-state index contributed by atoms with van der Waals surface area (Å²) in [5.74, 6) is 0.403. The standard InChI is InChI=1S/C20H23NO2/c22-19-13-14-20(23)21(19)15-7-12-18(16-8-3-1-4-9-16)17-10-5-2-6-11-17/h1-6,8-11,18-19,22H,7,12-15H2. The topological polar surface area (TPSA) is 40.5 Å². The van der Waals surface area contributed by atoms with Crippen molar-refractivity contribution in [3.8, 4) is 0 Å². The van der Waals surface area contributed by atoms with E-state index in [1.54, 1.807) is 4.90 Å². The lowest BCUT2D eigenvalue weighted by Gasteiger charge is -2.23. The smallest absolute Gasteiger partial charge is 0.224 e. The first-order valence-electron chi connectivity index (χ1n) is 8.33. The first-order chi connectivity index (χ1) is 11.3. The Bertz CT molecular complexity index is 587. The number of likely N-dealkylation sites (tertiary alicyclic amines) is 1. The number of aliphatic hydroxyl groups is 1. The Morgan fingerprint density at radius 1 is 1.00 bits per heavy atom. The lowest BCUT2D eigenvalue weighted by Crippen LogP contribution is -2.33. The van der Waals surface area contributed by atoms with Crippen LogP contribution in [-0.2, 0) is 4.79 Å². The van der Waals surface area contributed by atoms with Crippen LogP contribution in [0.2, 0.25) is 0 Å². The van der Waals surface area contributed by atoms with Gasteiger partial charge in [-0.15, -0.1) is 0 Å². The Hall–Kier alpha value is -2.13. The molecule has 0 aromatic heterocycles. The van der Waals surface area contributed by atoms with Crippen LogP contribution in [0.3, 0.4) is 0 Å². The number of benzene rings is 2. The van der Waals surface area contributed by atoms with Crippen LogP contribution in [0.25, 0.3) is 0 Å². The molecule has 0 spiro atoms. The van der Waals surface area contributed by atoms with Crippen LogP contribution >= 0.6 is 0 Å². The van der Waals surface area contributed by atoms with Gasteiger partial charge in [-0.3, -0.25) is 4.79 Å². The van der Waals surface area contributed by atoms with E-state index in [9.17, 15) is 9.90 Å². The number of rotatable bonds is 6. The molecule has 1 aliphatic rings. The Kier molecular flexibility index (Phi) is 5.09. The SMILES string of the molecule is O=C1CCC(O)N1CCCC(c1ccccc1)c1ccccc1. The van der Waals surface area contributed by atoms with E-state index in [0.717, 1.165) is 12.8 Å². The second-order valence-corrected chi connectivity index (χ2v) is 6.12. The molecule has 1 aliphatic heterocycles. The Labute approximate surface area is 137 Å². The number of amides is 1. The summed E-state index contributed by atoms with van der Waals surface area (Å²) in [6.07, 6.45) is 2.30. The molecule has 120 valence electrons. The van der Waals surface area contributed by atoms with Gasteiger partial charge < -0.3 is 10.0 Å². The number of nitrogens with zero attached hydrogens (tertiary/aromatic N) is 1. The van der Waals surface area contributed by atoms with Crippen molar-refractivity contribution in [3.05, 3.63) is 71.8 Å². The van der Waals surface area contributed by atoms with Crippen LogP contribution in [-0.4, -0.2) is 28.7 Å². The molecule has 1 amide bonds. The zero-order valence-corrected chi connectivity index (χ0v) is 13.3. The molecule has 3 nitrogen and oxygen atoms in total. The van der Waals surface area contributed by atoms with Gasteiger partial charge in [0.05, 0.1) is 0 Å². The second-order valence-electron chi connectivity index (χ2n) is 6.12. The number of carbonyl (C=O) groups excluding carboxylic acids is 1. The molecular formula is C20H23NO2. The maximum Gasteiger partial charge on any atom is 0.224 e. The minimum atomic E-state index is -0.589. The van der Waals surface area contributed by atoms with Crippen molar-refractivity contribution >= 4 is 5.91 Å². The van der Waals surface area contributed by atoms with Crippen LogP contribution in [0.5, 0.6) is 0 Å². The van der Waals surface area contributed by atoms with E-state index in [4.69, 9.17) is 0 Å². The van der Waals surface area contributed by atoms with E-state index in [1.807, 2.05) is 12.1 Å². The maximum absolute atomic E-state index is 11.8. The summed E-state index contributed by atoms with van der Waals surface area (Å²) in [5, 5.41) is 9.86. The molecule has 1 heterocycles. The normalized spacial score (nSPS) is 17.9. The van der Waals surface area contributed by atoms with Crippen molar-refractivity contribution in [1.82, 2.24) is 4.90 Å². The fourth-order valence-corrected chi connectivity index (χ4v) is 3.35. The monoisotopic (exact) mass is 309 g/mol. The van der Waals surface area contributed by atoms with Crippen molar-refractivity contribution in [2.75, 3.05) is 6.54 Å². The summed E-state index contributed by atoms with van der Waals surface area (Å²) in [7, 11) is 0. The number of carbonyl (C=O) groups is 1. The molecule has 1 fully saturated rings. The fraction of sp³-hybridized carbons (Fsp3) is 0.350. The van der Waals surface area contributed by atoms with E-state index in [0.29, 0.717) is 25.3 Å². The van der Waals surface area contributed by atoms with Gasteiger partial charge in [0.1, 0.15) is 6.23 Å². The van der Waals surface area contributed by atoms with Gasteiger partial charge in [-0.1, -0.05) is 60.7 Å². The summed E-state index contributed by atoms with van der Waals surface area (Å²) in [5.41, 5.74) is 2.60. The third-order valence-corrected chi connectivity index (χ3v) is 4.59. The largest absolute Gasteiger partial charge is 0.374 e. The van der Waals surface area contributed by atoms with Crippen LogP contribution in [0.4, 0.5) is 0 Å². The third-order valence-electron chi connectivity index (χ3n) is 4.59. The van der Waals surface area contributed by atoms with Crippen molar-refractivity contribution in [3.63, 3.8) is 0 Å². The van der Waals surface area contributed by atoms with E-state index in [1.165, 1.54) is 11.1 Å². The highest BCUT2D eigenvalue weighted by molar-refractivity contribution is 5.78. The summed E-state index contributed by atoms with van der Waals surface area (Å²) >= 11 is 0. The molecule has 1 saturated heterocycles. The van der Waals surface area contributed by atoms with Crippen molar-refractivity contribution < 1.29 is 9.90 Å². The zero-order chi connectivity index (χ0) is 16.1. The van der Waals surface area contributed by atoms with Crippen LogP contribution in [0, 0.1) is 0 Å². The van der Waals surface area contributed by atoms with Crippen LogP contribution < -0.4 is 0 Å². The molecule has 23 heavy (non-hydrogen) atoms. The molecule has 0 saturated carbocycles. The molecule has 3 rings (SSSR count). The molecule has 1 N–H and O–H groups in total.